The monoisotopic (exact) mass is 214 g/mol. The Morgan fingerprint density at radius 1 is 1.50 bits per heavy atom. The number of nitrogens with zero attached hydrogens (tertiary/aromatic N) is 2. The molecule has 0 aliphatic rings. The van der Waals surface area contributed by atoms with Crippen molar-refractivity contribution < 1.29 is 5.11 Å². The summed E-state index contributed by atoms with van der Waals surface area (Å²) in [5.74, 6) is 0.432. The minimum Gasteiger partial charge on any atom is -0.391 e. The molecule has 0 radical (unpaired) electrons. The van der Waals surface area contributed by atoms with Crippen LogP contribution in [0.2, 0.25) is 0 Å². The topological polar surface area (TPSA) is 36.4 Å². The van der Waals surface area contributed by atoms with Crippen LogP contribution in [-0.4, -0.2) is 24.2 Å². The lowest BCUT2D eigenvalue weighted by atomic mass is 10.0. The van der Waals surface area contributed by atoms with Gasteiger partial charge in [0.1, 0.15) is 0 Å². The largest absolute Gasteiger partial charge is 0.391 e. The van der Waals surface area contributed by atoms with Crippen molar-refractivity contribution in [1.29, 1.82) is 0 Å². The first-order valence-corrected chi connectivity index (χ1v) is 5.69. The molecule has 0 aliphatic heterocycles. The molecule has 14 heavy (non-hydrogen) atoms. The predicted octanol–water partition coefficient (Wildman–Crippen LogP) is 2.21. The van der Waals surface area contributed by atoms with Gasteiger partial charge in [0.25, 0.3) is 0 Å². The standard InChI is InChI=1S/C10H18N2OS/c1-5-7(2)9-8(6-13)14-10(11-9)12(3)4/h7,13H,5-6H2,1-4H3. The molecule has 80 valence electrons. The first kappa shape index (κ1) is 11.5. The van der Waals surface area contributed by atoms with Gasteiger partial charge in [-0.3, -0.25) is 0 Å². The van der Waals surface area contributed by atoms with Gasteiger partial charge in [0, 0.05) is 14.1 Å². The maximum atomic E-state index is 9.21. The van der Waals surface area contributed by atoms with E-state index in [-0.39, 0.29) is 6.61 Å². The Bertz CT molecular complexity index is 296. The molecule has 0 saturated heterocycles. The van der Waals surface area contributed by atoms with E-state index < -0.39 is 0 Å². The maximum absolute atomic E-state index is 9.21. The molecule has 0 saturated carbocycles. The van der Waals surface area contributed by atoms with Crippen LogP contribution >= 0.6 is 11.3 Å². The summed E-state index contributed by atoms with van der Waals surface area (Å²) in [4.78, 5) is 7.52. The van der Waals surface area contributed by atoms with Gasteiger partial charge in [-0.15, -0.1) is 0 Å². The van der Waals surface area contributed by atoms with Crippen LogP contribution in [0.4, 0.5) is 5.13 Å². The molecule has 0 aromatic carbocycles. The van der Waals surface area contributed by atoms with Gasteiger partial charge in [-0.2, -0.15) is 0 Å². The van der Waals surface area contributed by atoms with E-state index in [0.717, 1.165) is 22.1 Å². The Balaban J connectivity index is 3.02. The van der Waals surface area contributed by atoms with Gasteiger partial charge < -0.3 is 10.0 Å². The van der Waals surface area contributed by atoms with E-state index in [1.54, 1.807) is 11.3 Å². The van der Waals surface area contributed by atoms with Crippen molar-refractivity contribution in [3.8, 4) is 0 Å². The first-order valence-electron chi connectivity index (χ1n) is 4.87. The van der Waals surface area contributed by atoms with E-state index in [9.17, 15) is 5.11 Å². The predicted molar refractivity (Wildman–Crippen MR) is 61.1 cm³/mol. The summed E-state index contributed by atoms with van der Waals surface area (Å²) < 4.78 is 0. The minimum atomic E-state index is 0.102. The maximum Gasteiger partial charge on any atom is 0.185 e. The summed E-state index contributed by atoms with van der Waals surface area (Å²) >= 11 is 1.58. The van der Waals surface area contributed by atoms with Crippen molar-refractivity contribution in [3.05, 3.63) is 10.6 Å². The van der Waals surface area contributed by atoms with Crippen LogP contribution in [0.5, 0.6) is 0 Å². The Morgan fingerprint density at radius 3 is 2.57 bits per heavy atom. The second-order valence-corrected chi connectivity index (χ2v) is 4.73. The van der Waals surface area contributed by atoms with E-state index in [0.29, 0.717) is 5.92 Å². The molecule has 0 bridgehead atoms. The Labute approximate surface area is 89.4 Å². The van der Waals surface area contributed by atoms with Crippen molar-refractivity contribution >= 4 is 16.5 Å². The highest BCUT2D eigenvalue weighted by molar-refractivity contribution is 7.15. The Kier molecular flexibility index (Phi) is 3.89. The molecular formula is C10H18N2OS. The molecule has 1 rings (SSSR count). The highest BCUT2D eigenvalue weighted by Gasteiger charge is 2.15. The van der Waals surface area contributed by atoms with Crippen LogP contribution in [0.1, 0.15) is 36.8 Å². The smallest absolute Gasteiger partial charge is 0.185 e. The molecule has 0 aliphatic carbocycles. The van der Waals surface area contributed by atoms with Crippen LogP contribution in [0, 0.1) is 0 Å². The minimum absolute atomic E-state index is 0.102. The molecule has 1 aromatic rings. The lowest BCUT2D eigenvalue weighted by molar-refractivity contribution is 0.283. The van der Waals surface area contributed by atoms with Crippen molar-refractivity contribution in [2.45, 2.75) is 32.8 Å². The van der Waals surface area contributed by atoms with E-state index >= 15 is 0 Å². The van der Waals surface area contributed by atoms with Crippen LogP contribution in [0.3, 0.4) is 0 Å². The zero-order chi connectivity index (χ0) is 10.7. The number of aromatic nitrogens is 1. The molecular weight excluding hydrogens is 196 g/mol. The summed E-state index contributed by atoms with van der Waals surface area (Å²) in [6, 6.07) is 0. The van der Waals surface area contributed by atoms with Crippen LogP contribution in [0.25, 0.3) is 0 Å². The van der Waals surface area contributed by atoms with Gasteiger partial charge in [-0.25, -0.2) is 4.98 Å². The molecule has 1 N–H and O–H groups in total. The molecule has 0 amide bonds. The highest BCUT2D eigenvalue weighted by atomic mass is 32.1. The highest BCUT2D eigenvalue weighted by Crippen LogP contribution is 2.31. The second-order valence-electron chi connectivity index (χ2n) is 3.67. The number of anilines is 1. The fourth-order valence-corrected chi connectivity index (χ4v) is 2.20. The number of rotatable bonds is 4. The van der Waals surface area contributed by atoms with Gasteiger partial charge in [0.2, 0.25) is 0 Å². The quantitative estimate of drug-likeness (QED) is 0.835. The molecule has 1 aromatic heterocycles. The molecule has 3 nitrogen and oxygen atoms in total. The van der Waals surface area contributed by atoms with Crippen LogP contribution in [0.15, 0.2) is 0 Å². The summed E-state index contributed by atoms with van der Waals surface area (Å²) in [5.41, 5.74) is 1.06. The molecule has 0 fully saturated rings. The van der Waals surface area contributed by atoms with Gasteiger partial charge >= 0.3 is 0 Å². The van der Waals surface area contributed by atoms with Crippen molar-refractivity contribution in [2.24, 2.45) is 0 Å². The molecule has 1 unspecified atom stereocenters. The van der Waals surface area contributed by atoms with Gasteiger partial charge in [0.15, 0.2) is 5.13 Å². The zero-order valence-electron chi connectivity index (χ0n) is 9.24. The molecule has 4 heteroatoms. The van der Waals surface area contributed by atoms with Gasteiger partial charge in [-0.1, -0.05) is 25.2 Å². The summed E-state index contributed by atoms with van der Waals surface area (Å²) in [6.45, 7) is 4.39. The molecule has 1 heterocycles. The normalized spacial score (nSPS) is 12.9. The Morgan fingerprint density at radius 2 is 2.14 bits per heavy atom. The summed E-state index contributed by atoms with van der Waals surface area (Å²) in [6.07, 6.45) is 1.06. The van der Waals surface area contributed by atoms with Crippen molar-refractivity contribution in [1.82, 2.24) is 4.98 Å². The number of hydrogen-bond acceptors (Lipinski definition) is 4. The van der Waals surface area contributed by atoms with E-state index in [2.05, 4.69) is 18.8 Å². The van der Waals surface area contributed by atoms with Crippen molar-refractivity contribution in [3.63, 3.8) is 0 Å². The van der Waals surface area contributed by atoms with Gasteiger partial charge in [-0.05, 0) is 12.3 Å². The summed E-state index contributed by atoms with van der Waals surface area (Å²) in [7, 11) is 3.95. The number of aliphatic hydroxyl groups is 1. The van der Waals surface area contributed by atoms with Crippen LogP contribution < -0.4 is 4.90 Å². The SMILES string of the molecule is CCC(C)c1nc(N(C)C)sc1CO. The number of hydrogen-bond donors (Lipinski definition) is 1. The Hall–Kier alpha value is -0.610. The fourth-order valence-electron chi connectivity index (χ4n) is 1.23. The average molecular weight is 214 g/mol. The van der Waals surface area contributed by atoms with E-state index in [1.165, 1.54) is 0 Å². The molecule has 0 spiro atoms. The van der Waals surface area contributed by atoms with Gasteiger partial charge in [0.05, 0.1) is 17.2 Å². The average Bonchev–Trinajstić information content (AvgIpc) is 2.60. The first-order chi connectivity index (χ1) is 6.60. The number of aliphatic hydroxyl groups excluding tert-OH is 1. The summed E-state index contributed by atoms with van der Waals surface area (Å²) in [5, 5.41) is 10.2. The number of thiazole rings is 1. The third kappa shape index (κ3) is 2.25. The third-order valence-corrected chi connectivity index (χ3v) is 3.55. The lowest BCUT2D eigenvalue weighted by Crippen LogP contribution is -2.08. The zero-order valence-corrected chi connectivity index (χ0v) is 10.1. The van der Waals surface area contributed by atoms with E-state index in [1.807, 2.05) is 19.0 Å². The second kappa shape index (κ2) is 4.75. The fraction of sp³-hybridized carbons (Fsp3) is 0.700. The lowest BCUT2D eigenvalue weighted by Gasteiger charge is -2.07. The molecule has 1 atom stereocenters. The van der Waals surface area contributed by atoms with Crippen molar-refractivity contribution in [2.75, 3.05) is 19.0 Å². The van der Waals surface area contributed by atoms with Crippen LogP contribution in [-0.2, 0) is 6.61 Å². The third-order valence-electron chi connectivity index (χ3n) is 2.32. The van der Waals surface area contributed by atoms with E-state index in [4.69, 9.17) is 0 Å².